The Morgan fingerprint density at radius 3 is 2.58 bits per heavy atom. The Morgan fingerprint density at radius 1 is 1.67 bits per heavy atom. The molecule has 0 aliphatic rings. The molecule has 3 nitrogen and oxygen atoms in total. The molecule has 1 aromatic heterocycles. The Morgan fingerprint density at radius 2 is 2.25 bits per heavy atom. The molecule has 0 saturated heterocycles. The highest BCUT2D eigenvalue weighted by molar-refractivity contribution is 9.10. The second-order valence-electron chi connectivity index (χ2n) is 1.62. The number of carbonyl (C=O) groups is 1. The van der Waals surface area contributed by atoms with Gasteiger partial charge in [0.05, 0.1) is 7.11 Å². The van der Waals surface area contributed by atoms with E-state index in [4.69, 9.17) is 5.11 Å². The van der Waals surface area contributed by atoms with E-state index in [1.54, 1.807) is 6.07 Å². The minimum absolute atomic E-state index is 0.282. The number of ether oxygens (including phenoxy) is 1. The van der Waals surface area contributed by atoms with E-state index in [1.165, 1.54) is 18.4 Å². The molecule has 0 aromatic carbocycles. The van der Waals surface area contributed by atoms with E-state index in [1.807, 2.05) is 5.38 Å². The van der Waals surface area contributed by atoms with Crippen molar-refractivity contribution in [2.24, 2.45) is 0 Å². The summed E-state index contributed by atoms with van der Waals surface area (Å²) in [6.45, 7) is 0. The van der Waals surface area contributed by atoms with Gasteiger partial charge in [-0.15, -0.1) is 11.3 Å². The zero-order valence-corrected chi connectivity index (χ0v) is 9.11. The summed E-state index contributed by atoms with van der Waals surface area (Å²) in [4.78, 5) is 11.4. The molecule has 1 rings (SSSR count). The second-order valence-corrected chi connectivity index (χ2v) is 3.45. The van der Waals surface area contributed by atoms with Crippen LogP contribution in [0.3, 0.4) is 0 Å². The smallest absolute Gasteiger partial charge is 0.348 e. The zero-order valence-electron chi connectivity index (χ0n) is 6.70. The summed E-state index contributed by atoms with van der Waals surface area (Å²) in [5.41, 5.74) is 0. The van der Waals surface area contributed by atoms with Crippen molar-refractivity contribution in [1.29, 1.82) is 0 Å². The Bertz CT molecular complexity index is 247. The number of rotatable bonds is 1. The van der Waals surface area contributed by atoms with Crippen molar-refractivity contribution in [1.82, 2.24) is 0 Å². The molecule has 5 heteroatoms. The quantitative estimate of drug-likeness (QED) is 0.777. The minimum Gasteiger partial charge on any atom is -0.465 e. The van der Waals surface area contributed by atoms with Crippen LogP contribution in [-0.4, -0.2) is 25.3 Å². The number of thiophene rings is 1. The van der Waals surface area contributed by atoms with Gasteiger partial charge in [0.2, 0.25) is 0 Å². The first-order valence-corrected chi connectivity index (χ1v) is 4.68. The standard InChI is InChI=1S/C6H5BrO2S.CH4O/c1-9-6(8)5-2-4(7)3-10-5;1-2/h2-3H,1H3;2H,1H3. The van der Waals surface area contributed by atoms with Crippen LogP contribution in [-0.2, 0) is 4.74 Å². The highest BCUT2D eigenvalue weighted by Gasteiger charge is 2.06. The molecule has 0 fully saturated rings. The molecule has 0 unspecified atom stereocenters. The monoisotopic (exact) mass is 252 g/mol. The summed E-state index contributed by atoms with van der Waals surface area (Å²) < 4.78 is 5.41. The fourth-order valence-electron chi connectivity index (χ4n) is 0.521. The molecule has 0 radical (unpaired) electrons. The van der Waals surface area contributed by atoms with Crippen molar-refractivity contribution in [2.45, 2.75) is 0 Å². The molecule has 68 valence electrons. The van der Waals surface area contributed by atoms with E-state index in [-0.39, 0.29) is 5.97 Å². The number of esters is 1. The van der Waals surface area contributed by atoms with Crippen molar-refractivity contribution in [2.75, 3.05) is 14.2 Å². The van der Waals surface area contributed by atoms with E-state index >= 15 is 0 Å². The van der Waals surface area contributed by atoms with Gasteiger partial charge in [-0.25, -0.2) is 4.79 Å². The molecule has 0 aliphatic carbocycles. The lowest BCUT2D eigenvalue weighted by Crippen LogP contribution is -1.96. The Labute approximate surface area is 83.1 Å². The topological polar surface area (TPSA) is 46.5 Å². The molecule has 0 spiro atoms. The Balaban J connectivity index is 0.000000561. The number of aliphatic hydroxyl groups is 1. The highest BCUT2D eigenvalue weighted by Crippen LogP contribution is 2.19. The first-order valence-electron chi connectivity index (χ1n) is 3.01. The zero-order chi connectivity index (χ0) is 9.56. The highest BCUT2D eigenvalue weighted by atomic mass is 79.9. The number of hydrogen-bond acceptors (Lipinski definition) is 4. The van der Waals surface area contributed by atoms with E-state index in [0.717, 1.165) is 11.6 Å². The van der Waals surface area contributed by atoms with Gasteiger partial charge in [-0.3, -0.25) is 0 Å². The summed E-state index contributed by atoms with van der Waals surface area (Å²) in [5, 5.41) is 8.84. The van der Waals surface area contributed by atoms with Crippen LogP contribution in [0.15, 0.2) is 15.9 Å². The van der Waals surface area contributed by atoms with Gasteiger partial charge in [0.25, 0.3) is 0 Å². The van der Waals surface area contributed by atoms with Crippen molar-refractivity contribution in [3.05, 3.63) is 20.8 Å². The van der Waals surface area contributed by atoms with Crippen LogP contribution in [0.25, 0.3) is 0 Å². The Kier molecular flexibility index (Phi) is 5.96. The SMILES string of the molecule is CO.COC(=O)c1cc(Br)cs1. The summed E-state index contributed by atoms with van der Waals surface area (Å²) in [7, 11) is 2.37. The van der Waals surface area contributed by atoms with Gasteiger partial charge in [0.1, 0.15) is 4.88 Å². The average molecular weight is 253 g/mol. The number of hydrogen-bond donors (Lipinski definition) is 1. The molecule has 1 aromatic rings. The average Bonchev–Trinajstić information content (AvgIpc) is 2.54. The second kappa shape index (κ2) is 6.16. The third-order valence-electron chi connectivity index (χ3n) is 0.954. The largest absolute Gasteiger partial charge is 0.465 e. The van der Waals surface area contributed by atoms with E-state index in [2.05, 4.69) is 20.7 Å². The van der Waals surface area contributed by atoms with Crippen molar-refractivity contribution >= 4 is 33.2 Å². The van der Waals surface area contributed by atoms with Crippen LogP contribution in [0.5, 0.6) is 0 Å². The van der Waals surface area contributed by atoms with E-state index in [9.17, 15) is 4.79 Å². The van der Waals surface area contributed by atoms with Crippen molar-refractivity contribution in [3.63, 3.8) is 0 Å². The molecule has 0 atom stereocenters. The molecule has 0 aliphatic heterocycles. The summed E-state index contributed by atoms with van der Waals surface area (Å²) in [5.74, 6) is -0.282. The van der Waals surface area contributed by atoms with Gasteiger partial charge in [-0.2, -0.15) is 0 Å². The van der Waals surface area contributed by atoms with Crippen molar-refractivity contribution < 1.29 is 14.6 Å². The number of carbonyl (C=O) groups excluding carboxylic acids is 1. The molecule has 1 heterocycles. The fourth-order valence-corrected chi connectivity index (χ4v) is 1.86. The van der Waals surface area contributed by atoms with Gasteiger partial charge < -0.3 is 9.84 Å². The predicted molar refractivity (Wildman–Crippen MR) is 51.5 cm³/mol. The molecular formula is C7H9BrO3S. The minimum atomic E-state index is -0.282. The lowest BCUT2D eigenvalue weighted by molar-refractivity contribution is 0.0606. The third kappa shape index (κ3) is 3.34. The van der Waals surface area contributed by atoms with E-state index < -0.39 is 0 Å². The van der Waals surface area contributed by atoms with Gasteiger partial charge in [-0.1, -0.05) is 0 Å². The van der Waals surface area contributed by atoms with E-state index in [0.29, 0.717) is 4.88 Å². The van der Waals surface area contributed by atoms with Crippen LogP contribution >= 0.6 is 27.3 Å². The maximum Gasteiger partial charge on any atom is 0.348 e. The maximum absolute atomic E-state index is 10.8. The fraction of sp³-hybridized carbons (Fsp3) is 0.286. The number of methoxy groups -OCH3 is 1. The summed E-state index contributed by atoms with van der Waals surface area (Å²) >= 11 is 4.59. The molecule has 12 heavy (non-hydrogen) atoms. The van der Waals surface area contributed by atoms with Gasteiger partial charge in [0, 0.05) is 17.0 Å². The lowest BCUT2D eigenvalue weighted by atomic mass is 10.5. The van der Waals surface area contributed by atoms with Crippen LogP contribution in [0.1, 0.15) is 9.67 Å². The normalized spacial score (nSPS) is 8.33. The van der Waals surface area contributed by atoms with Crippen LogP contribution in [0, 0.1) is 0 Å². The molecule has 0 saturated carbocycles. The Hall–Kier alpha value is -0.390. The molecule has 1 N–H and O–H groups in total. The van der Waals surface area contributed by atoms with Gasteiger partial charge in [-0.05, 0) is 22.0 Å². The molecular weight excluding hydrogens is 244 g/mol. The number of aliphatic hydroxyl groups excluding tert-OH is 1. The van der Waals surface area contributed by atoms with Crippen LogP contribution in [0.2, 0.25) is 0 Å². The van der Waals surface area contributed by atoms with Crippen molar-refractivity contribution in [3.8, 4) is 0 Å². The van der Waals surface area contributed by atoms with Gasteiger partial charge in [0.15, 0.2) is 0 Å². The third-order valence-corrected chi connectivity index (χ3v) is 2.63. The lowest BCUT2D eigenvalue weighted by Gasteiger charge is -1.90. The predicted octanol–water partition coefficient (Wildman–Crippen LogP) is 1.91. The van der Waals surface area contributed by atoms with Crippen LogP contribution in [0.4, 0.5) is 0 Å². The summed E-state index contributed by atoms with van der Waals surface area (Å²) in [6.07, 6.45) is 0. The maximum atomic E-state index is 10.8. The number of halogens is 1. The van der Waals surface area contributed by atoms with Gasteiger partial charge >= 0.3 is 5.97 Å². The summed E-state index contributed by atoms with van der Waals surface area (Å²) in [6, 6.07) is 1.73. The molecule has 0 bridgehead atoms. The molecule has 0 amide bonds. The van der Waals surface area contributed by atoms with Crippen LogP contribution < -0.4 is 0 Å². The first-order chi connectivity index (χ1) is 5.74. The first kappa shape index (κ1) is 11.6.